The molecule has 2 aliphatic heterocycles. The molecule has 0 unspecified atom stereocenters. The minimum atomic E-state index is -1.07. The predicted octanol–water partition coefficient (Wildman–Crippen LogP) is 4.57. The quantitative estimate of drug-likeness (QED) is 0.414. The van der Waals surface area contributed by atoms with Crippen LogP contribution in [0.5, 0.6) is 0 Å². The zero-order valence-corrected chi connectivity index (χ0v) is 21.9. The minimum Gasteiger partial charge on any atom is -0.441 e. The van der Waals surface area contributed by atoms with Crippen molar-refractivity contribution in [1.82, 2.24) is 24.7 Å². The molecular formula is C29H30F2N6O3. The number of nitrogens with one attached hydrogen (secondary N) is 1. The van der Waals surface area contributed by atoms with Crippen molar-refractivity contribution in [1.29, 1.82) is 5.26 Å². The third kappa shape index (κ3) is 5.97. The molecule has 11 heteroatoms. The summed E-state index contributed by atoms with van der Waals surface area (Å²) in [7, 11) is 0. The van der Waals surface area contributed by atoms with E-state index >= 15 is 0 Å². The number of halogens is 2. The Hall–Kier alpha value is -4.30. The Balaban J connectivity index is 1.16. The molecule has 5 rings (SSSR count). The monoisotopic (exact) mass is 548 g/mol. The van der Waals surface area contributed by atoms with Gasteiger partial charge in [-0.15, -0.1) is 0 Å². The molecule has 1 N–H and O–H groups in total. The number of nitriles is 1. The Morgan fingerprint density at radius 1 is 1.15 bits per heavy atom. The van der Waals surface area contributed by atoms with Crippen molar-refractivity contribution in [2.75, 3.05) is 26.2 Å². The van der Waals surface area contributed by atoms with Crippen LogP contribution in [-0.2, 0) is 11.3 Å². The van der Waals surface area contributed by atoms with Gasteiger partial charge in [0.2, 0.25) is 0 Å². The van der Waals surface area contributed by atoms with Crippen LogP contribution in [0.2, 0.25) is 0 Å². The van der Waals surface area contributed by atoms with Crippen molar-refractivity contribution >= 4 is 12.1 Å². The van der Waals surface area contributed by atoms with Crippen molar-refractivity contribution in [3.63, 3.8) is 0 Å². The third-order valence-electron chi connectivity index (χ3n) is 7.57. The number of hydrogen-bond donors (Lipinski definition) is 1. The highest BCUT2D eigenvalue weighted by Crippen LogP contribution is 2.35. The van der Waals surface area contributed by atoms with Gasteiger partial charge in [0.15, 0.2) is 11.6 Å². The third-order valence-corrected chi connectivity index (χ3v) is 7.57. The summed E-state index contributed by atoms with van der Waals surface area (Å²) in [6.07, 6.45) is 5.72. The molecule has 9 nitrogen and oxygen atoms in total. The number of likely N-dealkylation sites (tertiary alicyclic amines) is 1. The largest absolute Gasteiger partial charge is 0.441 e. The molecule has 208 valence electrons. The molecular weight excluding hydrogens is 518 g/mol. The second-order valence-corrected chi connectivity index (χ2v) is 10.1. The molecule has 0 saturated carbocycles. The summed E-state index contributed by atoms with van der Waals surface area (Å²) in [6.45, 7) is 3.08. The van der Waals surface area contributed by atoms with E-state index in [9.17, 15) is 23.6 Å². The lowest BCUT2D eigenvalue weighted by Gasteiger charge is -2.32. The highest BCUT2D eigenvalue weighted by molar-refractivity contribution is 5.93. The average Bonchev–Trinajstić information content (AvgIpc) is 3.60. The number of imide groups is 1. The zero-order valence-electron chi connectivity index (χ0n) is 21.9. The number of carbonyl (C=O) groups excluding carboxylic acids is 2. The average molecular weight is 549 g/mol. The fourth-order valence-electron chi connectivity index (χ4n) is 5.55. The van der Waals surface area contributed by atoms with Crippen LogP contribution in [0.25, 0.3) is 0 Å². The second kappa shape index (κ2) is 12.3. The van der Waals surface area contributed by atoms with Gasteiger partial charge in [0, 0.05) is 18.9 Å². The standard InChI is InChI=1S/C29H30F2N6O3/c30-24-7-6-21(16-25(24)31)27-26(18-36-15-11-33-19-36)40-29(39)37(27)28(38)34-10-3-12-35-13-8-20(9-14-35)23-5-2-1-4-22(23)17-32/h1-2,4-7,11,15-16,19-20,26-27H,3,8-10,12-14,18H2,(H,34,38)/t26-,27+/m1/s1. The van der Waals surface area contributed by atoms with Gasteiger partial charge in [-0.05, 0) is 74.1 Å². The molecule has 0 spiro atoms. The van der Waals surface area contributed by atoms with Gasteiger partial charge in [-0.2, -0.15) is 5.26 Å². The molecule has 2 aromatic carbocycles. The lowest BCUT2D eigenvalue weighted by atomic mass is 9.87. The van der Waals surface area contributed by atoms with Crippen molar-refractivity contribution in [2.24, 2.45) is 0 Å². The predicted molar refractivity (Wildman–Crippen MR) is 141 cm³/mol. The van der Waals surface area contributed by atoms with Crippen LogP contribution in [0, 0.1) is 23.0 Å². The molecule has 2 aliphatic rings. The smallest absolute Gasteiger partial charge is 0.419 e. The topological polar surface area (TPSA) is 103 Å². The first-order chi connectivity index (χ1) is 19.4. The first-order valence-corrected chi connectivity index (χ1v) is 13.3. The van der Waals surface area contributed by atoms with E-state index in [2.05, 4.69) is 21.3 Å². The molecule has 1 aromatic heterocycles. The number of benzene rings is 2. The maximum atomic E-state index is 14.1. The van der Waals surface area contributed by atoms with Crippen molar-refractivity contribution in [3.8, 4) is 6.07 Å². The maximum Gasteiger partial charge on any atom is 0.419 e. The number of aromatic nitrogens is 2. The van der Waals surface area contributed by atoms with Gasteiger partial charge in [0.05, 0.1) is 24.5 Å². The van der Waals surface area contributed by atoms with Gasteiger partial charge in [-0.25, -0.2) is 28.3 Å². The molecule has 0 bridgehead atoms. The van der Waals surface area contributed by atoms with Crippen LogP contribution >= 0.6 is 0 Å². The van der Waals surface area contributed by atoms with Crippen LogP contribution in [0.15, 0.2) is 61.2 Å². The number of ether oxygens (including phenoxy) is 1. The van der Waals surface area contributed by atoms with Gasteiger partial charge in [0.1, 0.15) is 12.1 Å². The first kappa shape index (κ1) is 27.3. The van der Waals surface area contributed by atoms with E-state index in [0.29, 0.717) is 18.9 Å². The lowest BCUT2D eigenvalue weighted by molar-refractivity contribution is 0.120. The SMILES string of the molecule is N#Cc1ccccc1C1CCN(CCCNC(=O)N2C(=O)O[C@H](Cn3ccnc3)[C@@H]2c2ccc(F)c(F)c2)CC1. The maximum absolute atomic E-state index is 14.1. The van der Waals surface area contributed by atoms with Gasteiger partial charge < -0.3 is 19.5 Å². The molecule has 0 aliphatic carbocycles. The van der Waals surface area contributed by atoms with E-state index in [1.54, 1.807) is 23.3 Å². The Morgan fingerprint density at radius 3 is 2.67 bits per heavy atom. The van der Waals surface area contributed by atoms with Crippen molar-refractivity contribution in [2.45, 2.75) is 43.9 Å². The van der Waals surface area contributed by atoms with Crippen LogP contribution in [-0.4, -0.2) is 63.8 Å². The lowest BCUT2D eigenvalue weighted by Crippen LogP contribution is -2.44. The van der Waals surface area contributed by atoms with Gasteiger partial charge in [-0.1, -0.05) is 24.3 Å². The molecule has 3 heterocycles. The second-order valence-electron chi connectivity index (χ2n) is 10.1. The summed E-state index contributed by atoms with van der Waals surface area (Å²) >= 11 is 0. The number of nitrogens with zero attached hydrogens (tertiary/aromatic N) is 5. The number of rotatable bonds is 8. The van der Waals surface area contributed by atoms with E-state index in [1.807, 2.05) is 24.3 Å². The van der Waals surface area contributed by atoms with Gasteiger partial charge in [0.25, 0.3) is 0 Å². The number of carbonyl (C=O) groups is 2. The highest BCUT2D eigenvalue weighted by atomic mass is 19.2. The van der Waals surface area contributed by atoms with E-state index in [-0.39, 0.29) is 12.1 Å². The summed E-state index contributed by atoms with van der Waals surface area (Å²) in [5.41, 5.74) is 2.10. The van der Waals surface area contributed by atoms with Crippen LogP contribution in [0.1, 0.15) is 47.9 Å². The number of piperidine rings is 1. The number of urea groups is 1. The Morgan fingerprint density at radius 2 is 1.95 bits per heavy atom. The van der Waals surface area contributed by atoms with E-state index in [0.717, 1.165) is 60.6 Å². The number of hydrogen-bond acceptors (Lipinski definition) is 6. The summed E-state index contributed by atoms with van der Waals surface area (Å²) in [4.78, 5) is 33.2. The fraction of sp³-hybridized carbons (Fsp3) is 0.379. The summed E-state index contributed by atoms with van der Waals surface area (Å²) in [5.74, 6) is -1.73. The highest BCUT2D eigenvalue weighted by Gasteiger charge is 2.46. The summed E-state index contributed by atoms with van der Waals surface area (Å²) in [6, 6.07) is 11.7. The van der Waals surface area contributed by atoms with Crippen molar-refractivity contribution < 1.29 is 23.1 Å². The first-order valence-electron chi connectivity index (χ1n) is 13.3. The number of amides is 3. The number of imidazole rings is 1. The van der Waals surface area contributed by atoms with Crippen LogP contribution < -0.4 is 5.32 Å². The van der Waals surface area contributed by atoms with Gasteiger partial charge in [-0.3, -0.25) is 0 Å². The minimum absolute atomic E-state index is 0.188. The van der Waals surface area contributed by atoms with Crippen molar-refractivity contribution in [3.05, 3.63) is 89.5 Å². The molecule has 3 amide bonds. The number of cyclic esters (lactones) is 1. The molecule has 2 saturated heterocycles. The Kier molecular flexibility index (Phi) is 8.36. The van der Waals surface area contributed by atoms with Crippen LogP contribution in [0.4, 0.5) is 18.4 Å². The Bertz CT molecular complexity index is 1380. The van der Waals surface area contributed by atoms with Crippen LogP contribution in [0.3, 0.4) is 0 Å². The molecule has 40 heavy (non-hydrogen) atoms. The summed E-state index contributed by atoms with van der Waals surface area (Å²) < 4.78 is 34.9. The fourth-order valence-corrected chi connectivity index (χ4v) is 5.55. The van der Waals surface area contributed by atoms with E-state index in [1.165, 1.54) is 6.07 Å². The molecule has 2 atom stereocenters. The summed E-state index contributed by atoms with van der Waals surface area (Å²) in [5, 5.41) is 12.2. The normalized spacial score (nSPS) is 19.8. The molecule has 3 aromatic rings. The van der Waals surface area contributed by atoms with Gasteiger partial charge >= 0.3 is 12.1 Å². The molecule has 2 fully saturated rings. The zero-order chi connectivity index (χ0) is 28.1. The Labute approximate surface area is 231 Å². The molecule has 0 radical (unpaired) electrons. The van der Waals surface area contributed by atoms with E-state index < -0.39 is 35.9 Å². The van der Waals surface area contributed by atoms with E-state index in [4.69, 9.17) is 4.74 Å².